The van der Waals surface area contributed by atoms with Crippen LogP contribution >= 0.6 is 7.75 Å². The van der Waals surface area contributed by atoms with Gasteiger partial charge in [-0.05, 0) is 78.5 Å². The standard InChI is InChI=1S/C41H25F3NO5PS/c42-41(43,44)52(47,48)45-51(46)49-39-35(31-19-17-25-9-1-3-11-27(25)21-31)23-29-13-5-7-15-33(29)37(39)38-34-16-8-6-14-30(34)24-36(40(38)50-51)32-20-18-26-10-2-4-12-28(26)22-32/h1-24H,(H,45,46). The summed E-state index contributed by atoms with van der Waals surface area (Å²) in [4.78, 5) is 0. The fourth-order valence-electron chi connectivity index (χ4n) is 6.98. The van der Waals surface area contributed by atoms with Crippen LogP contribution in [0.5, 0.6) is 11.5 Å². The summed E-state index contributed by atoms with van der Waals surface area (Å²) in [7, 11) is -11.7. The lowest BCUT2D eigenvalue weighted by Crippen LogP contribution is -2.36. The molecule has 8 aromatic rings. The van der Waals surface area contributed by atoms with Gasteiger partial charge in [0.2, 0.25) is 0 Å². The van der Waals surface area contributed by atoms with Crippen LogP contribution in [0.1, 0.15) is 0 Å². The Morgan fingerprint density at radius 2 is 0.885 bits per heavy atom. The summed E-state index contributed by atoms with van der Waals surface area (Å²) in [6, 6.07) is 44.9. The number of sulfonamides is 1. The zero-order chi connectivity index (χ0) is 35.8. The molecule has 9 rings (SSSR count). The predicted molar refractivity (Wildman–Crippen MR) is 200 cm³/mol. The van der Waals surface area contributed by atoms with Crippen molar-refractivity contribution < 1.29 is 35.2 Å². The molecule has 1 aliphatic rings. The third-order valence-electron chi connectivity index (χ3n) is 9.33. The number of fused-ring (bicyclic) bond motifs is 9. The van der Waals surface area contributed by atoms with Gasteiger partial charge in [-0.15, -0.1) is 0 Å². The molecule has 6 nitrogen and oxygen atoms in total. The number of halogens is 3. The SMILES string of the molecule is O=P1(NS(=O)(=O)C(F)(F)F)Oc2c(-c3ccc4ccccc4c3)cc3ccccc3c2-c2c(c(-c3ccc4ccccc4c3)cc3ccccc23)O1. The molecule has 0 aromatic heterocycles. The monoisotopic (exact) mass is 731 g/mol. The second-order valence-electron chi connectivity index (χ2n) is 12.5. The van der Waals surface area contributed by atoms with Gasteiger partial charge in [0, 0.05) is 22.3 Å². The Hall–Kier alpha value is -5.67. The maximum Gasteiger partial charge on any atom is 0.526 e. The average molecular weight is 732 g/mol. The lowest BCUT2D eigenvalue weighted by Gasteiger charge is -2.22. The van der Waals surface area contributed by atoms with Gasteiger partial charge in [0.1, 0.15) is 11.5 Å². The van der Waals surface area contributed by atoms with Crippen LogP contribution in [-0.2, 0) is 14.6 Å². The van der Waals surface area contributed by atoms with Crippen LogP contribution in [0.25, 0.3) is 76.5 Å². The minimum absolute atomic E-state index is 0.0956. The summed E-state index contributed by atoms with van der Waals surface area (Å²) >= 11 is 0. The number of hydrogen-bond donors (Lipinski definition) is 1. The number of nitrogens with one attached hydrogen (secondary N) is 1. The summed E-state index contributed by atoms with van der Waals surface area (Å²) in [6.07, 6.45) is 0. The Morgan fingerprint density at radius 3 is 1.31 bits per heavy atom. The minimum Gasteiger partial charge on any atom is -0.403 e. The van der Waals surface area contributed by atoms with Crippen LogP contribution in [0.3, 0.4) is 0 Å². The van der Waals surface area contributed by atoms with E-state index in [0.29, 0.717) is 44.2 Å². The molecular weight excluding hydrogens is 706 g/mol. The Bertz CT molecular complexity index is 2770. The molecule has 0 fully saturated rings. The van der Waals surface area contributed by atoms with Crippen LogP contribution in [0.15, 0.2) is 146 Å². The third kappa shape index (κ3) is 5.30. The Labute approximate surface area is 295 Å². The number of hydrogen-bond acceptors (Lipinski definition) is 5. The summed E-state index contributed by atoms with van der Waals surface area (Å²) in [6.45, 7) is 0. The maximum absolute atomic E-state index is 14.9. The van der Waals surface area contributed by atoms with Crippen molar-refractivity contribution in [3.8, 4) is 44.9 Å². The highest BCUT2D eigenvalue weighted by molar-refractivity contribution is 7.95. The fraction of sp³-hybridized carbons (Fsp3) is 0.0244. The average Bonchev–Trinajstić information content (AvgIpc) is 3.27. The van der Waals surface area contributed by atoms with E-state index in [1.54, 1.807) is 12.1 Å². The van der Waals surface area contributed by atoms with Crippen molar-refractivity contribution in [2.24, 2.45) is 0 Å². The topological polar surface area (TPSA) is 81.7 Å². The van der Waals surface area contributed by atoms with Crippen LogP contribution < -0.4 is 13.5 Å². The first-order valence-electron chi connectivity index (χ1n) is 16.2. The molecular formula is C41H25F3NO5PS. The maximum atomic E-state index is 14.9. The normalized spacial score (nSPS) is 14.1. The second-order valence-corrected chi connectivity index (χ2v) is 16.1. The molecule has 8 aromatic carbocycles. The summed E-state index contributed by atoms with van der Waals surface area (Å²) in [5, 5.41) is 6.40. The lowest BCUT2D eigenvalue weighted by molar-refractivity contribution is -0.0443. The Balaban J connectivity index is 1.44. The van der Waals surface area contributed by atoms with Crippen molar-refractivity contribution in [1.82, 2.24) is 4.49 Å². The van der Waals surface area contributed by atoms with Gasteiger partial charge in [-0.1, -0.05) is 126 Å². The Morgan fingerprint density at radius 1 is 0.500 bits per heavy atom. The van der Waals surface area contributed by atoms with Gasteiger partial charge in [-0.25, -0.2) is 13.0 Å². The van der Waals surface area contributed by atoms with Crippen molar-refractivity contribution in [2.75, 3.05) is 0 Å². The summed E-state index contributed by atoms with van der Waals surface area (Å²) in [5.74, 6) is -0.191. The predicted octanol–water partition coefficient (Wildman–Crippen LogP) is 11.6. The molecule has 0 saturated carbocycles. The molecule has 52 heavy (non-hydrogen) atoms. The molecule has 0 aliphatic carbocycles. The first kappa shape index (κ1) is 32.3. The van der Waals surface area contributed by atoms with Gasteiger partial charge < -0.3 is 9.05 Å². The molecule has 1 heterocycles. The number of benzene rings is 8. The van der Waals surface area contributed by atoms with E-state index >= 15 is 0 Å². The van der Waals surface area contributed by atoms with E-state index in [0.717, 1.165) is 32.3 Å². The molecule has 0 atom stereocenters. The van der Waals surface area contributed by atoms with Crippen LogP contribution in [0.4, 0.5) is 13.2 Å². The lowest BCUT2D eigenvalue weighted by atomic mass is 9.86. The highest BCUT2D eigenvalue weighted by Crippen LogP contribution is 2.62. The van der Waals surface area contributed by atoms with Crippen molar-refractivity contribution in [1.29, 1.82) is 0 Å². The van der Waals surface area contributed by atoms with Crippen LogP contribution in [0, 0.1) is 0 Å². The fourth-order valence-corrected chi connectivity index (χ4v) is 9.77. The summed E-state index contributed by atoms with van der Waals surface area (Å²) in [5.41, 5.74) is -3.08. The van der Waals surface area contributed by atoms with Crippen molar-refractivity contribution in [3.05, 3.63) is 146 Å². The molecule has 11 heteroatoms. The summed E-state index contributed by atoms with van der Waals surface area (Å²) < 4.78 is 95.8. The van der Waals surface area contributed by atoms with Crippen LogP contribution in [0.2, 0.25) is 0 Å². The zero-order valence-electron chi connectivity index (χ0n) is 26.9. The smallest absolute Gasteiger partial charge is 0.403 e. The number of rotatable bonds is 4. The van der Waals surface area contributed by atoms with Crippen LogP contribution in [-0.4, -0.2) is 13.9 Å². The minimum atomic E-state index is -6.24. The largest absolute Gasteiger partial charge is 0.526 e. The second kappa shape index (κ2) is 11.7. The highest BCUT2D eigenvalue weighted by atomic mass is 32.2. The van der Waals surface area contributed by atoms with Gasteiger partial charge in [0.05, 0.1) is 0 Å². The zero-order valence-corrected chi connectivity index (χ0v) is 28.6. The van der Waals surface area contributed by atoms with E-state index in [1.165, 1.54) is 4.49 Å². The highest BCUT2D eigenvalue weighted by Gasteiger charge is 2.53. The van der Waals surface area contributed by atoms with E-state index in [-0.39, 0.29) is 11.5 Å². The first-order chi connectivity index (χ1) is 25.0. The molecule has 0 radical (unpaired) electrons. The molecule has 1 aliphatic heterocycles. The molecule has 0 unspecified atom stereocenters. The molecule has 0 amide bonds. The van der Waals surface area contributed by atoms with E-state index in [4.69, 9.17) is 9.05 Å². The Kier molecular flexibility index (Phi) is 7.24. The molecule has 1 N–H and O–H groups in total. The third-order valence-corrected chi connectivity index (χ3v) is 12.6. The quantitative estimate of drug-likeness (QED) is 0.182. The van der Waals surface area contributed by atoms with Crippen molar-refractivity contribution in [3.63, 3.8) is 0 Å². The van der Waals surface area contributed by atoms with Gasteiger partial charge in [0.15, 0.2) is 0 Å². The van der Waals surface area contributed by atoms with E-state index in [1.807, 2.05) is 133 Å². The first-order valence-corrected chi connectivity index (χ1v) is 19.2. The van der Waals surface area contributed by atoms with Gasteiger partial charge in [0.25, 0.3) is 0 Å². The number of alkyl halides is 3. The van der Waals surface area contributed by atoms with E-state index < -0.39 is 23.3 Å². The van der Waals surface area contributed by atoms with Gasteiger partial charge in [-0.3, -0.25) is 0 Å². The van der Waals surface area contributed by atoms with Gasteiger partial charge >= 0.3 is 23.3 Å². The van der Waals surface area contributed by atoms with E-state index in [9.17, 15) is 26.2 Å². The van der Waals surface area contributed by atoms with Crippen molar-refractivity contribution >= 4 is 60.9 Å². The van der Waals surface area contributed by atoms with E-state index in [2.05, 4.69) is 0 Å². The molecule has 256 valence electrons. The molecule has 0 spiro atoms. The van der Waals surface area contributed by atoms with Gasteiger partial charge in [-0.2, -0.15) is 13.2 Å². The molecule has 0 saturated heterocycles. The van der Waals surface area contributed by atoms with Crippen molar-refractivity contribution in [2.45, 2.75) is 5.51 Å². The molecule has 0 bridgehead atoms.